The molecule has 0 aliphatic rings. The Morgan fingerprint density at radius 1 is 1.24 bits per heavy atom. The Bertz CT molecular complexity index is 398. The first-order valence-corrected chi connectivity index (χ1v) is 8.33. The summed E-state index contributed by atoms with van der Waals surface area (Å²) in [7, 11) is 1.68. The molecule has 0 atom stereocenters. The molecule has 0 heterocycles. The molecule has 1 aromatic carbocycles. The number of halogens is 1. The standard InChI is InChI=1S/C15H25N3OS.HI/c1-4-16-15(18-11-12-20-3)17-10-9-13-5-7-14(19-2)8-6-13;/h5-8H,4,9-12H2,1-3H3,(H2,16,17,18);1H. The Morgan fingerprint density at radius 2 is 1.95 bits per heavy atom. The monoisotopic (exact) mass is 423 g/mol. The van der Waals surface area contributed by atoms with Gasteiger partial charge in [0.05, 0.1) is 13.7 Å². The fourth-order valence-corrected chi connectivity index (χ4v) is 1.98. The molecular formula is C15H26IN3OS. The maximum atomic E-state index is 5.15. The molecular weight excluding hydrogens is 397 g/mol. The van der Waals surface area contributed by atoms with Gasteiger partial charge in [0.1, 0.15) is 5.75 Å². The Morgan fingerprint density at radius 3 is 2.52 bits per heavy atom. The van der Waals surface area contributed by atoms with E-state index < -0.39 is 0 Å². The molecule has 6 heteroatoms. The third kappa shape index (κ3) is 9.08. The number of guanidine groups is 1. The van der Waals surface area contributed by atoms with Crippen molar-refractivity contribution in [3.8, 4) is 5.75 Å². The highest BCUT2D eigenvalue weighted by Crippen LogP contribution is 2.11. The molecule has 0 aromatic heterocycles. The number of benzene rings is 1. The van der Waals surface area contributed by atoms with Crippen LogP contribution in [0.1, 0.15) is 12.5 Å². The van der Waals surface area contributed by atoms with Crippen molar-refractivity contribution in [1.82, 2.24) is 10.6 Å². The number of nitrogens with zero attached hydrogens (tertiary/aromatic N) is 1. The van der Waals surface area contributed by atoms with E-state index in [2.05, 4.69) is 40.9 Å². The van der Waals surface area contributed by atoms with Gasteiger partial charge < -0.3 is 15.4 Å². The van der Waals surface area contributed by atoms with E-state index in [0.717, 1.165) is 43.5 Å². The Kier molecular flexibility index (Phi) is 12.7. The first kappa shape index (κ1) is 20.4. The van der Waals surface area contributed by atoms with Crippen molar-refractivity contribution >= 4 is 41.7 Å². The maximum Gasteiger partial charge on any atom is 0.191 e. The second-order valence-corrected chi connectivity index (χ2v) is 5.26. The van der Waals surface area contributed by atoms with Gasteiger partial charge in [0.2, 0.25) is 0 Å². The molecule has 0 saturated heterocycles. The van der Waals surface area contributed by atoms with Crippen LogP contribution in [-0.4, -0.2) is 44.7 Å². The molecule has 0 radical (unpaired) electrons. The third-order valence-electron chi connectivity index (χ3n) is 2.77. The predicted octanol–water partition coefficient (Wildman–Crippen LogP) is 2.77. The molecule has 0 bridgehead atoms. The van der Waals surface area contributed by atoms with Gasteiger partial charge in [-0.05, 0) is 37.3 Å². The van der Waals surface area contributed by atoms with Gasteiger partial charge in [-0.25, -0.2) is 0 Å². The zero-order chi connectivity index (χ0) is 14.6. The van der Waals surface area contributed by atoms with Crippen LogP contribution in [0.25, 0.3) is 0 Å². The topological polar surface area (TPSA) is 45.7 Å². The number of ether oxygens (including phenoxy) is 1. The maximum absolute atomic E-state index is 5.15. The van der Waals surface area contributed by atoms with Crippen molar-refractivity contribution in [2.45, 2.75) is 13.3 Å². The second-order valence-electron chi connectivity index (χ2n) is 4.28. The largest absolute Gasteiger partial charge is 0.497 e. The van der Waals surface area contributed by atoms with Gasteiger partial charge in [0, 0.05) is 18.8 Å². The number of aliphatic imine (C=N–C) groups is 1. The fourth-order valence-electron chi connectivity index (χ4n) is 1.71. The highest BCUT2D eigenvalue weighted by molar-refractivity contribution is 14.0. The summed E-state index contributed by atoms with van der Waals surface area (Å²) < 4.78 is 5.15. The van der Waals surface area contributed by atoms with Gasteiger partial charge in [-0.3, -0.25) is 4.99 Å². The minimum Gasteiger partial charge on any atom is -0.497 e. The molecule has 21 heavy (non-hydrogen) atoms. The molecule has 1 aromatic rings. The minimum absolute atomic E-state index is 0. The van der Waals surface area contributed by atoms with Crippen molar-refractivity contribution in [3.05, 3.63) is 29.8 Å². The van der Waals surface area contributed by atoms with Crippen LogP contribution in [0.3, 0.4) is 0 Å². The molecule has 120 valence electrons. The summed E-state index contributed by atoms with van der Waals surface area (Å²) in [4.78, 5) is 4.52. The predicted molar refractivity (Wildman–Crippen MR) is 104 cm³/mol. The van der Waals surface area contributed by atoms with E-state index in [1.54, 1.807) is 7.11 Å². The van der Waals surface area contributed by atoms with Crippen LogP contribution in [0.5, 0.6) is 5.75 Å². The number of hydrogen-bond donors (Lipinski definition) is 2. The van der Waals surface area contributed by atoms with E-state index in [1.807, 2.05) is 23.9 Å². The highest BCUT2D eigenvalue weighted by Gasteiger charge is 1.98. The average Bonchev–Trinajstić information content (AvgIpc) is 2.48. The number of hydrogen-bond acceptors (Lipinski definition) is 3. The van der Waals surface area contributed by atoms with Crippen molar-refractivity contribution in [2.75, 3.05) is 38.8 Å². The lowest BCUT2D eigenvalue weighted by Gasteiger charge is -2.11. The van der Waals surface area contributed by atoms with Crippen molar-refractivity contribution < 1.29 is 4.74 Å². The molecule has 2 N–H and O–H groups in total. The third-order valence-corrected chi connectivity index (χ3v) is 3.37. The second kappa shape index (κ2) is 13.1. The van der Waals surface area contributed by atoms with E-state index >= 15 is 0 Å². The van der Waals surface area contributed by atoms with Crippen LogP contribution in [0.15, 0.2) is 29.3 Å². The van der Waals surface area contributed by atoms with Gasteiger partial charge in [-0.15, -0.1) is 24.0 Å². The SMILES string of the molecule is CCNC(=NCCSC)NCCc1ccc(OC)cc1.I. The van der Waals surface area contributed by atoms with Crippen LogP contribution in [0, 0.1) is 0 Å². The number of rotatable bonds is 8. The lowest BCUT2D eigenvalue weighted by Crippen LogP contribution is -2.38. The average molecular weight is 423 g/mol. The quantitative estimate of drug-likeness (QED) is 0.292. The van der Waals surface area contributed by atoms with Gasteiger partial charge >= 0.3 is 0 Å². The first-order chi connectivity index (χ1) is 9.80. The molecule has 0 saturated carbocycles. The molecule has 0 fully saturated rings. The van der Waals surface area contributed by atoms with Crippen LogP contribution in [0.4, 0.5) is 0 Å². The summed E-state index contributed by atoms with van der Waals surface area (Å²) in [6, 6.07) is 8.18. The summed E-state index contributed by atoms with van der Waals surface area (Å²) >= 11 is 1.81. The first-order valence-electron chi connectivity index (χ1n) is 6.94. The zero-order valence-electron chi connectivity index (χ0n) is 13.0. The number of thioether (sulfide) groups is 1. The van der Waals surface area contributed by atoms with Crippen molar-refractivity contribution in [2.24, 2.45) is 4.99 Å². The summed E-state index contributed by atoms with van der Waals surface area (Å²) in [6.07, 6.45) is 3.07. The van der Waals surface area contributed by atoms with E-state index in [9.17, 15) is 0 Å². The van der Waals surface area contributed by atoms with Crippen molar-refractivity contribution in [1.29, 1.82) is 0 Å². The lowest BCUT2D eigenvalue weighted by atomic mass is 10.1. The molecule has 1 rings (SSSR count). The summed E-state index contributed by atoms with van der Waals surface area (Å²) in [5.41, 5.74) is 1.29. The van der Waals surface area contributed by atoms with E-state index in [4.69, 9.17) is 4.74 Å². The Hall–Kier alpha value is -0.630. The Balaban J connectivity index is 0.00000400. The van der Waals surface area contributed by atoms with Crippen LogP contribution in [-0.2, 0) is 6.42 Å². The van der Waals surface area contributed by atoms with Crippen LogP contribution < -0.4 is 15.4 Å². The highest BCUT2D eigenvalue weighted by atomic mass is 127. The number of methoxy groups -OCH3 is 1. The van der Waals surface area contributed by atoms with Gasteiger partial charge in [0.15, 0.2) is 5.96 Å². The van der Waals surface area contributed by atoms with E-state index in [-0.39, 0.29) is 24.0 Å². The molecule has 0 amide bonds. The molecule has 4 nitrogen and oxygen atoms in total. The lowest BCUT2D eigenvalue weighted by molar-refractivity contribution is 0.414. The normalized spacial score (nSPS) is 10.7. The van der Waals surface area contributed by atoms with Gasteiger partial charge in [-0.2, -0.15) is 11.8 Å². The molecule has 0 aliphatic heterocycles. The summed E-state index contributed by atoms with van der Waals surface area (Å²) in [5, 5.41) is 6.61. The molecule has 0 spiro atoms. The van der Waals surface area contributed by atoms with Gasteiger partial charge in [-0.1, -0.05) is 12.1 Å². The summed E-state index contributed by atoms with van der Waals surface area (Å²) in [5.74, 6) is 2.85. The van der Waals surface area contributed by atoms with Crippen LogP contribution >= 0.6 is 35.7 Å². The Labute approximate surface area is 149 Å². The van der Waals surface area contributed by atoms with Gasteiger partial charge in [0.25, 0.3) is 0 Å². The van der Waals surface area contributed by atoms with E-state index in [1.165, 1.54) is 5.56 Å². The van der Waals surface area contributed by atoms with Crippen molar-refractivity contribution in [3.63, 3.8) is 0 Å². The fraction of sp³-hybridized carbons (Fsp3) is 0.533. The minimum atomic E-state index is 0. The summed E-state index contributed by atoms with van der Waals surface area (Å²) in [6.45, 7) is 4.68. The van der Waals surface area contributed by atoms with Crippen LogP contribution in [0.2, 0.25) is 0 Å². The molecule has 0 unspecified atom stereocenters. The smallest absolute Gasteiger partial charge is 0.191 e. The number of nitrogens with one attached hydrogen (secondary N) is 2. The zero-order valence-corrected chi connectivity index (χ0v) is 16.2. The molecule has 0 aliphatic carbocycles. The van der Waals surface area contributed by atoms with E-state index in [0.29, 0.717) is 0 Å².